The van der Waals surface area contributed by atoms with Crippen LogP contribution in [0, 0.1) is 0 Å². The number of nitrogens with zero attached hydrogens (tertiary/aromatic N) is 1. The molecule has 6 heteroatoms. The molecule has 0 aliphatic carbocycles. The predicted molar refractivity (Wildman–Crippen MR) is 94.7 cm³/mol. The molecule has 1 unspecified atom stereocenters. The Balaban J connectivity index is 1.68. The van der Waals surface area contributed by atoms with Gasteiger partial charge in [0, 0.05) is 16.4 Å². The Morgan fingerprint density at radius 3 is 2.96 bits per heavy atom. The van der Waals surface area contributed by atoms with Crippen molar-refractivity contribution in [2.75, 3.05) is 13.2 Å². The second-order valence-corrected chi connectivity index (χ2v) is 7.27. The maximum atomic E-state index is 12.6. The van der Waals surface area contributed by atoms with Crippen LogP contribution in [0.15, 0.2) is 29.6 Å². The SMILES string of the molecule is CCC1c2ccsc2CCN1C(=O)COc1ccc(Cl)cc1Cl. The zero-order chi connectivity index (χ0) is 16.4. The number of hydrogen-bond donors (Lipinski definition) is 0. The average Bonchev–Trinajstić information content (AvgIpc) is 3.01. The smallest absolute Gasteiger partial charge is 0.261 e. The minimum absolute atomic E-state index is 0.0142. The molecule has 3 nitrogen and oxygen atoms in total. The molecule has 0 bridgehead atoms. The molecule has 122 valence electrons. The van der Waals surface area contributed by atoms with E-state index in [0.29, 0.717) is 15.8 Å². The van der Waals surface area contributed by atoms with Crippen molar-refractivity contribution >= 4 is 40.4 Å². The fraction of sp³-hybridized carbons (Fsp3) is 0.353. The van der Waals surface area contributed by atoms with E-state index in [1.165, 1.54) is 10.4 Å². The average molecular weight is 370 g/mol. The van der Waals surface area contributed by atoms with E-state index >= 15 is 0 Å². The summed E-state index contributed by atoms with van der Waals surface area (Å²) in [4.78, 5) is 15.9. The molecule has 1 aromatic carbocycles. The van der Waals surface area contributed by atoms with Gasteiger partial charge in [-0.3, -0.25) is 4.79 Å². The van der Waals surface area contributed by atoms with Crippen molar-refractivity contribution in [2.24, 2.45) is 0 Å². The Kier molecular flexibility index (Phi) is 5.14. The number of benzene rings is 1. The van der Waals surface area contributed by atoms with E-state index in [-0.39, 0.29) is 18.6 Å². The van der Waals surface area contributed by atoms with Crippen LogP contribution in [0.4, 0.5) is 0 Å². The van der Waals surface area contributed by atoms with Gasteiger partial charge in [-0.05, 0) is 48.1 Å². The van der Waals surface area contributed by atoms with E-state index in [1.807, 2.05) is 4.90 Å². The maximum Gasteiger partial charge on any atom is 0.261 e. The molecular weight excluding hydrogens is 353 g/mol. The van der Waals surface area contributed by atoms with E-state index in [9.17, 15) is 4.79 Å². The number of carbonyl (C=O) groups excluding carboxylic acids is 1. The molecule has 0 radical (unpaired) electrons. The van der Waals surface area contributed by atoms with Crippen molar-refractivity contribution < 1.29 is 9.53 Å². The fourth-order valence-electron chi connectivity index (χ4n) is 2.95. The minimum Gasteiger partial charge on any atom is -0.482 e. The predicted octanol–water partition coefficient (Wildman–Crippen LogP) is 4.97. The summed E-state index contributed by atoms with van der Waals surface area (Å²) in [5.74, 6) is 0.463. The third-order valence-electron chi connectivity index (χ3n) is 4.05. The molecule has 1 aliphatic rings. The molecule has 0 saturated carbocycles. The lowest BCUT2D eigenvalue weighted by atomic mass is 9.98. The van der Waals surface area contributed by atoms with Crippen LogP contribution in [0.5, 0.6) is 5.75 Å². The molecule has 0 spiro atoms. The lowest BCUT2D eigenvalue weighted by Gasteiger charge is -2.35. The Morgan fingerprint density at radius 1 is 1.39 bits per heavy atom. The number of fused-ring (bicyclic) bond motifs is 1. The topological polar surface area (TPSA) is 29.5 Å². The summed E-state index contributed by atoms with van der Waals surface area (Å²) in [5.41, 5.74) is 1.28. The van der Waals surface area contributed by atoms with Crippen molar-refractivity contribution in [1.82, 2.24) is 4.90 Å². The van der Waals surface area contributed by atoms with Crippen LogP contribution in [-0.4, -0.2) is 24.0 Å². The zero-order valence-corrected chi connectivity index (χ0v) is 15.0. The number of halogens is 2. The fourth-order valence-corrected chi connectivity index (χ4v) is 4.34. The summed E-state index contributed by atoms with van der Waals surface area (Å²) in [6.07, 6.45) is 1.81. The minimum atomic E-state index is -0.0165. The molecule has 1 atom stereocenters. The van der Waals surface area contributed by atoms with Crippen LogP contribution >= 0.6 is 34.5 Å². The first-order valence-electron chi connectivity index (χ1n) is 7.53. The van der Waals surface area contributed by atoms with Gasteiger partial charge in [0.05, 0.1) is 11.1 Å². The summed E-state index contributed by atoms with van der Waals surface area (Å²) in [6.45, 7) is 2.83. The molecule has 2 aromatic rings. The van der Waals surface area contributed by atoms with E-state index in [2.05, 4.69) is 18.4 Å². The largest absolute Gasteiger partial charge is 0.482 e. The highest BCUT2D eigenvalue weighted by atomic mass is 35.5. The van der Waals surface area contributed by atoms with Crippen LogP contribution in [0.1, 0.15) is 29.8 Å². The van der Waals surface area contributed by atoms with E-state index in [4.69, 9.17) is 27.9 Å². The second kappa shape index (κ2) is 7.12. The van der Waals surface area contributed by atoms with E-state index in [1.54, 1.807) is 29.5 Å². The summed E-state index contributed by atoms with van der Waals surface area (Å²) >= 11 is 13.7. The van der Waals surface area contributed by atoms with Gasteiger partial charge >= 0.3 is 0 Å². The van der Waals surface area contributed by atoms with Gasteiger partial charge in [-0.1, -0.05) is 30.1 Å². The second-order valence-electron chi connectivity index (χ2n) is 5.42. The Hall–Kier alpha value is -1.23. The number of ether oxygens (including phenoxy) is 1. The van der Waals surface area contributed by atoms with Crippen LogP contribution in [0.2, 0.25) is 10.0 Å². The number of amides is 1. The maximum absolute atomic E-state index is 12.6. The Bertz CT molecular complexity index is 716. The molecular formula is C17H17Cl2NO2S. The zero-order valence-electron chi connectivity index (χ0n) is 12.7. The van der Waals surface area contributed by atoms with Crippen LogP contribution in [0.25, 0.3) is 0 Å². The lowest BCUT2D eigenvalue weighted by Crippen LogP contribution is -2.41. The molecule has 23 heavy (non-hydrogen) atoms. The third kappa shape index (κ3) is 3.49. The first kappa shape index (κ1) is 16.6. The molecule has 3 rings (SSSR count). The van der Waals surface area contributed by atoms with Gasteiger partial charge in [0.25, 0.3) is 5.91 Å². The molecule has 0 N–H and O–H groups in total. The van der Waals surface area contributed by atoms with Crippen molar-refractivity contribution in [3.8, 4) is 5.75 Å². The molecule has 1 amide bonds. The van der Waals surface area contributed by atoms with Gasteiger partial charge in [0.2, 0.25) is 0 Å². The van der Waals surface area contributed by atoms with E-state index < -0.39 is 0 Å². The van der Waals surface area contributed by atoms with Gasteiger partial charge in [-0.2, -0.15) is 0 Å². The van der Waals surface area contributed by atoms with Crippen molar-refractivity contribution in [2.45, 2.75) is 25.8 Å². The van der Waals surface area contributed by atoms with Crippen LogP contribution < -0.4 is 4.74 Å². The van der Waals surface area contributed by atoms with Gasteiger partial charge in [-0.25, -0.2) is 0 Å². The number of carbonyl (C=O) groups is 1. The summed E-state index contributed by atoms with van der Waals surface area (Å²) in [7, 11) is 0. The number of hydrogen-bond acceptors (Lipinski definition) is 3. The van der Waals surface area contributed by atoms with E-state index in [0.717, 1.165) is 19.4 Å². The first-order valence-corrected chi connectivity index (χ1v) is 9.17. The lowest BCUT2D eigenvalue weighted by molar-refractivity contribution is -0.136. The summed E-state index contributed by atoms with van der Waals surface area (Å²) in [5, 5.41) is 3.06. The van der Waals surface area contributed by atoms with Crippen LogP contribution in [0.3, 0.4) is 0 Å². The summed E-state index contributed by atoms with van der Waals surface area (Å²) < 4.78 is 5.59. The molecule has 1 aliphatic heterocycles. The Labute approximate surface area is 149 Å². The van der Waals surface area contributed by atoms with Gasteiger partial charge in [0.15, 0.2) is 6.61 Å². The van der Waals surface area contributed by atoms with Crippen molar-refractivity contribution in [3.05, 3.63) is 50.1 Å². The standard InChI is InChI=1S/C17H17Cl2NO2S/c1-2-14-12-6-8-23-16(12)5-7-20(14)17(21)10-22-15-4-3-11(18)9-13(15)19/h3-4,6,8-9,14H,2,5,7,10H2,1H3. The van der Waals surface area contributed by atoms with Gasteiger partial charge < -0.3 is 9.64 Å². The molecule has 2 heterocycles. The molecule has 0 fully saturated rings. The highest BCUT2D eigenvalue weighted by Crippen LogP contribution is 2.35. The normalized spacial score (nSPS) is 17.0. The van der Waals surface area contributed by atoms with Gasteiger partial charge in [0.1, 0.15) is 5.75 Å². The Morgan fingerprint density at radius 2 is 2.22 bits per heavy atom. The first-order chi connectivity index (χ1) is 11.1. The van der Waals surface area contributed by atoms with Gasteiger partial charge in [-0.15, -0.1) is 11.3 Å². The number of rotatable bonds is 4. The van der Waals surface area contributed by atoms with Crippen molar-refractivity contribution in [1.29, 1.82) is 0 Å². The molecule has 0 saturated heterocycles. The van der Waals surface area contributed by atoms with Crippen LogP contribution in [-0.2, 0) is 11.2 Å². The highest BCUT2D eigenvalue weighted by molar-refractivity contribution is 7.10. The molecule has 1 aromatic heterocycles. The highest BCUT2D eigenvalue weighted by Gasteiger charge is 2.30. The quantitative estimate of drug-likeness (QED) is 0.761. The third-order valence-corrected chi connectivity index (χ3v) is 5.57. The monoisotopic (exact) mass is 369 g/mol. The summed E-state index contributed by atoms with van der Waals surface area (Å²) in [6, 6.07) is 7.26. The number of thiophene rings is 1. The van der Waals surface area contributed by atoms with Crippen molar-refractivity contribution in [3.63, 3.8) is 0 Å².